The van der Waals surface area contributed by atoms with Crippen molar-refractivity contribution in [3.63, 3.8) is 0 Å². The van der Waals surface area contributed by atoms with Gasteiger partial charge in [0.15, 0.2) is 21.4 Å². The molecule has 0 aliphatic heterocycles. The number of aromatic carboxylic acids is 1. The number of fused-ring (bicyclic) bond motifs is 2. The molecule has 0 aromatic heterocycles. The van der Waals surface area contributed by atoms with Crippen molar-refractivity contribution in [2.24, 2.45) is 0 Å². The van der Waals surface area contributed by atoms with Crippen molar-refractivity contribution in [3.05, 3.63) is 64.2 Å². The molecule has 0 saturated carbocycles. The van der Waals surface area contributed by atoms with Gasteiger partial charge in [-0.25, -0.2) is 8.42 Å². The first-order valence-corrected chi connectivity index (χ1v) is 9.74. The van der Waals surface area contributed by atoms with Crippen LogP contribution in [0, 0.1) is 0 Å². The standard InChI is InChI=1S/C19H16O6S/c1-2-3-10-26(24,25)18-14(19(22)23)9-8-13-15(18)17(21)12-7-5-4-6-11(12)16(13)20/h4-9H,2-3,10H2,1H3,(H,22,23)/p-1. The van der Waals surface area contributed by atoms with Gasteiger partial charge in [-0.1, -0.05) is 43.7 Å². The molecule has 0 spiro atoms. The average Bonchev–Trinajstić information content (AvgIpc) is 2.63. The number of carboxylic acid groups (broad SMARTS) is 1. The predicted octanol–water partition coefficient (Wildman–Crippen LogP) is 1.40. The molecule has 3 rings (SSSR count). The lowest BCUT2D eigenvalue weighted by molar-refractivity contribution is -0.255. The third kappa shape index (κ3) is 2.74. The molecule has 0 radical (unpaired) electrons. The summed E-state index contributed by atoms with van der Waals surface area (Å²) in [5.41, 5.74) is -0.837. The van der Waals surface area contributed by atoms with Crippen molar-refractivity contribution in [1.29, 1.82) is 0 Å². The number of ketones is 2. The van der Waals surface area contributed by atoms with Crippen LogP contribution in [0.15, 0.2) is 41.3 Å². The molecule has 0 heterocycles. The van der Waals surface area contributed by atoms with Gasteiger partial charge in [0, 0.05) is 22.3 Å². The number of carbonyl (C=O) groups excluding carboxylic acids is 3. The van der Waals surface area contributed by atoms with Crippen LogP contribution in [0.5, 0.6) is 0 Å². The van der Waals surface area contributed by atoms with Crippen molar-refractivity contribution in [1.82, 2.24) is 0 Å². The van der Waals surface area contributed by atoms with Crippen LogP contribution in [0.4, 0.5) is 0 Å². The summed E-state index contributed by atoms with van der Waals surface area (Å²) in [5, 5.41) is 11.5. The Kier molecular flexibility index (Phi) is 4.50. The number of sulfone groups is 1. The minimum Gasteiger partial charge on any atom is -0.545 e. The first-order valence-electron chi connectivity index (χ1n) is 8.09. The van der Waals surface area contributed by atoms with Crippen molar-refractivity contribution in [2.45, 2.75) is 24.7 Å². The minimum absolute atomic E-state index is 0.0624. The molecule has 7 heteroatoms. The molecule has 2 aromatic rings. The summed E-state index contributed by atoms with van der Waals surface area (Å²) in [4.78, 5) is 36.5. The van der Waals surface area contributed by atoms with E-state index in [9.17, 15) is 27.9 Å². The number of carboxylic acids is 1. The lowest BCUT2D eigenvalue weighted by atomic mass is 9.83. The maximum absolute atomic E-state index is 12.9. The van der Waals surface area contributed by atoms with Crippen LogP contribution in [0.25, 0.3) is 0 Å². The number of hydrogen-bond donors (Lipinski definition) is 0. The number of carbonyl (C=O) groups is 3. The van der Waals surface area contributed by atoms with E-state index < -0.39 is 37.8 Å². The van der Waals surface area contributed by atoms with Gasteiger partial charge in [0.25, 0.3) is 0 Å². The van der Waals surface area contributed by atoms with Gasteiger partial charge in [-0.3, -0.25) is 9.59 Å². The van der Waals surface area contributed by atoms with Crippen LogP contribution in [0.2, 0.25) is 0 Å². The van der Waals surface area contributed by atoms with Gasteiger partial charge < -0.3 is 9.90 Å². The number of benzene rings is 2. The zero-order valence-electron chi connectivity index (χ0n) is 13.9. The predicted molar refractivity (Wildman–Crippen MR) is 91.0 cm³/mol. The first kappa shape index (κ1) is 18.0. The molecule has 0 unspecified atom stereocenters. The fourth-order valence-corrected chi connectivity index (χ4v) is 4.95. The Morgan fingerprint density at radius 3 is 2.15 bits per heavy atom. The fraction of sp³-hybridized carbons (Fsp3) is 0.211. The summed E-state index contributed by atoms with van der Waals surface area (Å²) in [6, 6.07) is 8.26. The van der Waals surface area contributed by atoms with Gasteiger partial charge in [-0.2, -0.15) is 0 Å². The van der Waals surface area contributed by atoms with E-state index >= 15 is 0 Å². The van der Waals surface area contributed by atoms with Crippen molar-refractivity contribution < 1.29 is 27.9 Å². The normalized spacial score (nSPS) is 13.3. The monoisotopic (exact) mass is 371 g/mol. The largest absolute Gasteiger partial charge is 0.545 e. The van der Waals surface area contributed by atoms with Gasteiger partial charge in [-0.15, -0.1) is 0 Å². The quantitative estimate of drug-likeness (QED) is 0.671. The maximum atomic E-state index is 12.9. The van der Waals surface area contributed by atoms with Gasteiger partial charge in [-0.05, 0) is 12.5 Å². The summed E-state index contributed by atoms with van der Waals surface area (Å²) in [6.07, 6.45) is 0.877. The highest BCUT2D eigenvalue weighted by atomic mass is 32.2. The molecule has 0 amide bonds. The van der Waals surface area contributed by atoms with Crippen molar-refractivity contribution in [3.8, 4) is 0 Å². The van der Waals surface area contributed by atoms with Crippen molar-refractivity contribution in [2.75, 3.05) is 5.75 Å². The molecule has 0 saturated heterocycles. The lowest BCUT2D eigenvalue weighted by Gasteiger charge is -2.22. The lowest BCUT2D eigenvalue weighted by Crippen LogP contribution is -2.30. The Balaban J connectivity index is 2.36. The summed E-state index contributed by atoms with van der Waals surface area (Å²) >= 11 is 0. The number of rotatable bonds is 5. The molecular formula is C19H15O6S-. The molecule has 0 bridgehead atoms. The van der Waals surface area contributed by atoms with E-state index in [0.717, 1.165) is 6.07 Å². The van der Waals surface area contributed by atoms with Gasteiger partial charge in [0.1, 0.15) is 0 Å². The summed E-state index contributed by atoms with van der Waals surface area (Å²) < 4.78 is 25.6. The minimum atomic E-state index is -4.09. The van der Waals surface area contributed by atoms with Crippen LogP contribution in [0.3, 0.4) is 0 Å². The molecule has 0 N–H and O–H groups in total. The van der Waals surface area contributed by atoms with E-state index in [1.807, 2.05) is 0 Å². The van der Waals surface area contributed by atoms with Gasteiger partial charge in [0.2, 0.25) is 0 Å². The number of hydrogen-bond acceptors (Lipinski definition) is 6. The van der Waals surface area contributed by atoms with Gasteiger partial charge in [0.05, 0.1) is 22.2 Å². The van der Waals surface area contributed by atoms with Crippen LogP contribution in [-0.2, 0) is 9.84 Å². The molecule has 134 valence electrons. The average molecular weight is 371 g/mol. The van der Waals surface area contributed by atoms with E-state index in [4.69, 9.17) is 0 Å². The smallest absolute Gasteiger partial charge is 0.195 e. The van der Waals surface area contributed by atoms with Gasteiger partial charge >= 0.3 is 0 Å². The Morgan fingerprint density at radius 2 is 1.58 bits per heavy atom. The second-order valence-corrected chi connectivity index (χ2v) is 8.07. The summed E-state index contributed by atoms with van der Waals surface area (Å²) in [7, 11) is -4.09. The van der Waals surface area contributed by atoms with Crippen LogP contribution in [0.1, 0.15) is 62.0 Å². The Bertz CT molecular complexity index is 1050. The van der Waals surface area contributed by atoms with Crippen LogP contribution < -0.4 is 5.11 Å². The van der Waals surface area contributed by atoms with Crippen molar-refractivity contribution >= 4 is 27.4 Å². The topological polar surface area (TPSA) is 108 Å². The Labute approximate surface area is 150 Å². The summed E-state index contributed by atoms with van der Waals surface area (Å²) in [5.74, 6) is -3.20. The molecule has 2 aromatic carbocycles. The first-order chi connectivity index (χ1) is 12.3. The molecular weight excluding hydrogens is 356 g/mol. The summed E-state index contributed by atoms with van der Waals surface area (Å²) in [6.45, 7) is 1.79. The highest BCUT2D eigenvalue weighted by molar-refractivity contribution is 7.91. The molecule has 0 atom stereocenters. The second-order valence-electron chi connectivity index (χ2n) is 6.03. The third-order valence-electron chi connectivity index (χ3n) is 4.34. The van der Waals surface area contributed by atoms with E-state index in [2.05, 4.69) is 0 Å². The zero-order chi connectivity index (χ0) is 19.1. The SMILES string of the molecule is CCCCS(=O)(=O)c1c(C(=O)[O-])ccc2c1C(=O)c1ccccc1C2=O. The molecule has 1 aliphatic carbocycles. The molecule has 1 aliphatic rings. The van der Waals surface area contributed by atoms with E-state index in [0.29, 0.717) is 12.8 Å². The van der Waals surface area contributed by atoms with E-state index in [-0.39, 0.29) is 28.0 Å². The maximum Gasteiger partial charge on any atom is 0.195 e. The molecule has 26 heavy (non-hydrogen) atoms. The molecule has 6 nitrogen and oxygen atoms in total. The van der Waals surface area contributed by atoms with E-state index in [1.165, 1.54) is 18.2 Å². The second kappa shape index (κ2) is 6.49. The number of unbranched alkanes of at least 4 members (excludes halogenated alkanes) is 1. The Hall–Kier alpha value is -2.80. The zero-order valence-corrected chi connectivity index (χ0v) is 14.8. The highest BCUT2D eigenvalue weighted by Crippen LogP contribution is 2.34. The molecule has 0 fully saturated rings. The Morgan fingerprint density at radius 1 is 0.962 bits per heavy atom. The van der Waals surface area contributed by atoms with Crippen LogP contribution >= 0.6 is 0 Å². The van der Waals surface area contributed by atoms with E-state index in [1.54, 1.807) is 19.1 Å². The van der Waals surface area contributed by atoms with Crippen LogP contribution in [-0.4, -0.2) is 31.7 Å². The third-order valence-corrected chi connectivity index (χ3v) is 6.22. The highest BCUT2D eigenvalue weighted by Gasteiger charge is 2.36. The fourth-order valence-electron chi connectivity index (χ4n) is 3.08.